The molecule has 4 nitrogen and oxygen atoms in total. The first-order valence-corrected chi connectivity index (χ1v) is 2.95. The number of hydrogen-bond acceptors (Lipinski definition) is 3. The molecule has 0 spiro atoms. The second-order valence-electron chi connectivity index (χ2n) is 1.65. The normalized spacial score (nSPS) is 10.8. The number of rotatable bonds is 2. The van der Waals surface area contributed by atoms with Crippen molar-refractivity contribution in [3.8, 4) is 0 Å². The van der Waals surface area contributed by atoms with E-state index in [1.807, 2.05) is 0 Å². The van der Waals surface area contributed by atoms with Crippen LogP contribution in [0.4, 0.5) is 4.79 Å². The highest BCUT2D eigenvalue weighted by molar-refractivity contribution is 5.68. The van der Waals surface area contributed by atoms with Crippen molar-refractivity contribution in [1.29, 1.82) is 0 Å². The van der Waals surface area contributed by atoms with Gasteiger partial charge in [0.15, 0.2) is 0 Å². The summed E-state index contributed by atoms with van der Waals surface area (Å²) < 4.78 is 4.49. The van der Waals surface area contributed by atoms with Gasteiger partial charge >= 0.3 is 6.09 Å². The number of amides is 1. The number of carbonyl (C=O) groups is 1. The molecule has 0 heterocycles. The minimum absolute atomic E-state index is 0.0352. The number of aliphatic hydroxyl groups is 1. The Morgan fingerprint density at radius 3 is 2.80 bits per heavy atom. The van der Waals surface area contributed by atoms with E-state index in [2.05, 4.69) is 10.1 Å². The monoisotopic (exact) mass is 145 g/mol. The molecule has 4 heteroatoms. The van der Waals surface area contributed by atoms with Crippen LogP contribution in [0.3, 0.4) is 0 Å². The number of hydrogen-bond donors (Lipinski definition) is 2. The van der Waals surface area contributed by atoms with Crippen molar-refractivity contribution in [2.24, 2.45) is 0 Å². The number of ether oxygens (including phenoxy) is 1. The quantitative estimate of drug-likeness (QED) is 0.573. The summed E-state index contributed by atoms with van der Waals surface area (Å²) in [5, 5.41) is 10.8. The molecule has 0 aromatic heterocycles. The smallest absolute Gasteiger partial charge is 0.411 e. The van der Waals surface area contributed by atoms with E-state index in [9.17, 15) is 4.79 Å². The zero-order valence-electron chi connectivity index (χ0n) is 6.05. The van der Waals surface area contributed by atoms with Crippen molar-refractivity contribution < 1.29 is 14.6 Å². The molecular weight excluding hydrogens is 134 g/mol. The number of aliphatic hydroxyl groups excluding tert-OH is 1. The average Bonchev–Trinajstić information content (AvgIpc) is 1.85. The minimum atomic E-state index is -0.559. The summed E-state index contributed by atoms with van der Waals surface area (Å²) in [4.78, 5) is 10.5. The maximum Gasteiger partial charge on any atom is 0.411 e. The standard InChI is InChI=1S/C6H11NO3/c1-3-10-6(9)7-4-5(2)8/h4,8H,3H2,1-2H3,(H,7,9)/b5-4+. The minimum Gasteiger partial charge on any atom is -0.511 e. The summed E-state index contributed by atoms with van der Waals surface area (Å²) >= 11 is 0. The molecule has 0 radical (unpaired) electrons. The molecule has 1 amide bonds. The van der Waals surface area contributed by atoms with Crippen molar-refractivity contribution in [3.05, 3.63) is 12.0 Å². The molecule has 0 aliphatic heterocycles. The topological polar surface area (TPSA) is 58.6 Å². The number of nitrogens with one attached hydrogen (secondary N) is 1. The second-order valence-corrected chi connectivity index (χ2v) is 1.65. The van der Waals surface area contributed by atoms with Gasteiger partial charge in [0.05, 0.1) is 6.61 Å². The van der Waals surface area contributed by atoms with Crippen LogP contribution in [0.25, 0.3) is 0 Å². The van der Waals surface area contributed by atoms with Crippen molar-refractivity contribution >= 4 is 6.09 Å². The third-order valence-corrected chi connectivity index (χ3v) is 0.674. The first-order chi connectivity index (χ1) is 4.66. The average molecular weight is 145 g/mol. The lowest BCUT2D eigenvalue weighted by Gasteiger charge is -1.98. The van der Waals surface area contributed by atoms with Crippen LogP contribution in [0.5, 0.6) is 0 Å². The van der Waals surface area contributed by atoms with E-state index in [1.54, 1.807) is 6.92 Å². The molecule has 0 saturated carbocycles. The molecule has 0 aliphatic carbocycles. The van der Waals surface area contributed by atoms with Gasteiger partial charge in [0, 0.05) is 6.20 Å². The molecule has 0 saturated heterocycles. The fraction of sp³-hybridized carbons (Fsp3) is 0.500. The van der Waals surface area contributed by atoms with Crippen LogP contribution in [0.1, 0.15) is 13.8 Å². The van der Waals surface area contributed by atoms with E-state index < -0.39 is 6.09 Å². The third-order valence-electron chi connectivity index (χ3n) is 0.674. The molecular formula is C6H11NO3. The van der Waals surface area contributed by atoms with Crippen LogP contribution in [0.2, 0.25) is 0 Å². The first-order valence-electron chi connectivity index (χ1n) is 2.95. The molecule has 10 heavy (non-hydrogen) atoms. The zero-order chi connectivity index (χ0) is 7.98. The molecule has 0 atom stereocenters. The third kappa shape index (κ3) is 4.96. The summed E-state index contributed by atoms with van der Waals surface area (Å²) in [7, 11) is 0. The van der Waals surface area contributed by atoms with Gasteiger partial charge in [-0.15, -0.1) is 0 Å². The molecule has 0 aromatic carbocycles. The Morgan fingerprint density at radius 1 is 1.80 bits per heavy atom. The summed E-state index contributed by atoms with van der Waals surface area (Å²) in [5.41, 5.74) is 0. The predicted molar refractivity (Wildman–Crippen MR) is 36.5 cm³/mol. The van der Waals surface area contributed by atoms with E-state index in [0.29, 0.717) is 6.61 Å². The molecule has 0 aliphatic rings. The van der Waals surface area contributed by atoms with Crippen LogP contribution in [-0.4, -0.2) is 17.8 Å². The Balaban J connectivity index is 3.49. The lowest BCUT2D eigenvalue weighted by atomic mass is 10.6. The van der Waals surface area contributed by atoms with Crippen molar-refractivity contribution in [2.45, 2.75) is 13.8 Å². The fourth-order valence-corrected chi connectivity index (χ4v) is 0.336. The largest absolute Gasteiger partial charge is 0.511 e. The van der Waals surface area contributed by atoms with Crippen molar-refractivity contribution in [2.75, 3.05) is 6.61 Å². The summed E-state index contributed by atoms with van der Waals surface area (Å²) in [6, 6.07) is 0. The maximum absolute atomic E-state index is 10.5. The van der Waals surface area contributed by atoms with E-state index in [4.69, 9.17) is 5.11 Å². The number of alkyl carbamates (subject to hydrolysis) is 1. The van der Waals surface area contributed by atoms with Gasteiger partial charge in [-0.2, -0.15) is 0 Å². The van der Waals surface area contributed by atoms with Gasteiger partial charge in [-0.25, -0.2) is 4.79 Å². The molecule has 2 N–H and O–H groups in total. The Hall–Kier alpha value is -1.19. The van der Waals surface area contributed by atoms with Crippen LogP contribution in [0, 0.1) is 0 Å². The Kier molecular flexibility index (Phi) is 4.11. The van der Waals surface area contributed by atoms with Crippen molar-refractivity contribution in [3.63, 3.8) is 0 Å². The van der Waals surface area contributed by atoms with Gasteiger partial charge in [0.1, 0.15) is 5.76 Å². The lowest BCUT2D eigenvalue weighted by Crippen LogP contribution is -2.18. The van der Waals surface area contributed by atoms with Crippen LogP contribution in [0.15, 0.2) is 12.0 Å². The van der Waals surface area contributed by atoms with Gasteiger partial charge in [-0.3, -0.25) is 5.32 Å². The fourth-order valence-electron chi connectivity index (χ4n) is 0.336. The Bertz CT molecular complexity index is 138. The second kappa shape index (κ2) is 4.67. The van der Waals surface area contributed by atoms with E-state index in [1.165, 1.54) is 6.92 Å². The van der Waals surface area contributed by atoms with Crippen LogP contribution < -0.4 is 5.32 Å². The highest BCUT2D eigenvalue weighted by Crippen LogP contribution is 1.81. The SMILES string of the molecule is CCOC(=O)N/C=C(\C)O. The highest BCUT2D eigenvalue weighted by Gasteiger charge is 1.94. The van der Waals surface area contributed by atoms with Crippen molar-refractivity contribution in [1.82, 2.24) is 5.32 Å². The Labute approximate surface area is 59.5 Å². The molecule has 0 unspecified atom stereocenters. The zero-order valence-corrected chi connectivity index (χ0v) is 6.05. The van der Waals surface area contributed by atoms with Gasteiger partial charge in [-0.1, -0.05) is 0 Å². The predicted octanol–water partition coefficient (Wildman–Crippen LogP) is 1.15. The van der Waals surface area contributed by atoms with Gasteiger partial charge in [0.2, 0.25) is 0 Å². The first kappa shape index (κ1) is 8.81. The number of carbonyl (C=O) groups excluding carboxylic acids is 1. The van der Waals surface area contributed by atoms with Crippen LogP contribution in [-0.2, 0) is 4.74 Å². The van der Waals surface area contributed by atoms with E-state index >= 15 is 0 Å². The molecule has 0 rings (SSSR count). The molecule has 0 bridgehead atoms. The summed E-state index contributed by atoms with van der Waals surface area (Å²) in [5.74, 6) is 0.0352. The number of allylic oxidation sites excluding steroid dienone is 1. The van der Waals surface area contributed by atoms with Gasteiger partial charge in [0.25, 0.3) is 0 Å². The summed E-state index contributed by atoms with van der Waals surface area (Å²) in [6.07, 6.45) is 0.605. The molecule has 58 valence electrons. The highest BCUT2D eigenvalue weighted by atomic mass is 16.5. The molecule has 0 fully saturated rings. The molecule has 0 aromatic rings. The maximum atomic E-state index is 10.5. The van der Waals surface area contributed by atoms with E-state index in [0.717, 1.165) is 6.20 Å². The van der Waals surface area contributed by atoms with Gasteiger partial charge in [-0.05, 0) is 13.8 Å². The lowest BCUT2D eigenvalue weighted by molar-refractivity contribution is 0.156. The Morgan fingerprint density at radius 2 is 2.40 bits per heavy atom. The van der Waals surface area contributed by atoms with Crippen LogP contribution >= 0.6 is 0 Å². The van der Waals surface area contributed by atoms with E-state index in [-0.39, 0.29) is 5.76 Å². The summed E-state index contributed by atoms with van der Waals surface area (Å²) in [6.45, 7) is 3.48. The van der Waals surface area contributed by atoms with Gasteiger partial charge < -0.3 is 9.84 Å².